The summed E-state index contributed by atoms with van der Waals surface area (Å²) in [6.07, 6.45) is 0.834. The molecule has 0 aliphatic carbocycles. The van der Waals surface area contributed by atoms with E-state index >= 15 is 0 Å². The van der Waals surface area contributed by atoms with Crippen LogP contribution in [0.5, 0.6) is 0 Å². The number of hydrogen-bond acceptors (Lipinski definition) is 5. The fraction of sp³-hybridized carbons (Fsp3) is 0.600. The maximum Gasteiger partial charge on any atom is 0.134 e. The molecule has 5 heteroatoms. The van der Waals surface area contributed by atoms with Crippen LogP contribution in [0, 0.1) is 0 Å². The number of rotatable bonds is 2. The first-order chi connectivity index (χ1) is 7.29. The van der Waals surface area contributed by atoms with Gasteiger partial charge in [0, 0.05) is 37.1 Å². The Balaban J connectivity index is 2.22. The van der Waals surface area contributed by atoms with Crippen molar-refractivity contribution < 1.29 is 0 Å². The fourth-order valence-electron chi connectivity index (χ4n) is 1.62. The molecule has 0 amide bonds. The smallest absolute Gasteiger partial charge is 0.134 e. The van der Waals surface area contributed by atoms with Crippen LogP contribution < -0.4 is 10.6 Å². The minimum Gasteiger partial charge on any atom is -0.384 e. The molecule has 1 aromatic heterocycles. The van der Waals surface area contributed by atoms with Gasteiger partial charge in [-0.25, -0.2) is 9.97 Å². The van der Waals surface area contributed by atoms with Gasteiger partial charge in [-0.2, -0.15) is 11.8 Å². The van der Waals surface area contributed by atoms with E-state index in [1.54, 1.807) is 0 Å². The third-order valence-corrected chi connectivity index (χ3v) is 3.37. The monoisotopic (exact) mass is 224 g/mol. The lowest BCUT2D eigenvalue weighted by Crippen LogP contribution is -2.33. The molecule has 15 heavy (non-hydrogen) atoms. The van der Waals surface area contributed by atoms with Crippen molar-refractivity contribution in [1.29, 1.82) is 0 Å². The van der Waals surface area contributed by atoms with Crippen LogP contribution in [0.3, 0.4) is 0 Å². The van der Waals surface area contributed by atoms with Crippen molar-refractivity contribution >= 4 is 23.4 Å². The van der Waals surface area contributed by atoms with Crippen LogP contribution >= 0.6 is 11.8 Å². The molecule has 0 radical (unpaired) electrons. The Kier molecular flexibility index (Phi) is 3.30. The Labute approximate surface area is 94.3 Å². The minimum absolute atomic E-state index is 0.579. The predicted octanol–water partition coefficient (Wildman–Crippen LogP) is 1.17. The molecule has 1 aliphatic heterocycles. The van der Waals surface area contributed by atoms with Crippen LogP contribution in [0.2, 0.25) is 0 Å². The second-order valence-corrected chi connectivity index (χ2v) is 4.74. The third-order valence-electron chi connectivity index (χ3n) is 2.43. The highest BCUT2D eigenvalue weighted by Gasteiger charge is 2.13. The number of nitrogens with two attached hydrogens (primary N) is 1. The van der Waals surface area contributed by atoms with Crippen molar-refractivity contribution in [3.8, 4) is 0 Å². The highest BCUT2D eigenvalue weighted by Crippen LogP contribution is 2.18. The summed E-state index contributed by atoms with van der Waals surface area (Å²) in [4.78, 5) is 11.0. The molecule has 2 heterocycles. The standard InChI is InChI=1S/C10H16N4S/c1-2-9-12-8(11)7-10(13-9)14-3-5-15-6-4-14/h7H,2-6H2,1H3,(H2,11,12,13). The molecule has 2 rings (SSSR count). The van der Waals surface area contributed by atoms with Crippen molar-refractivity contribution in [2.45, 2.75) is 13.3 Å². The van der Waals surface area contributed by atoms with E-state index in [1.807, 2.05) is 24.8 Å². The van der Waals surface area contributed by atoms with E-state index in [9.17, 15) is 0 Å². The van der Waals surface area contributed by atoms with Crippen LogP contribution in [0.15, 0.2) is 6.07 Å². The molecule has 1 aliphatic rings. The Bertz CT molecular complexity index is 336. The molecular formula is C10H16N4S. The molecule has 1 fully saturated rings. The highest BCUT2D eigenvalue weighted by molar-refractivity contribution is 7.99. The first-order valence-corrected chi connectivity index (χ1v) is 6.41. The molecule has 0 saturated carbocycles. The van der Waals surface area contributed by atoms with Crippen molar-refractivity contribution in [1.82, 2.24) is 9.97 Å². The van der Waals surface area contributed by atoms with Gasteiger partial charge in [-0.1, -0.05) is 6.92 Å². The molecule has 1 saturated heterocycles. The largest absolute Gasteiger partial charge is 0.384 e. The van der Waals surface area contributed by atoms with Gasteiger partial charge < -0.3 is 10.6 Å². The average Bonchev–Trinajstić information content (AvgIpc) is 2.29. The molecule has 1 aromatic rings. The highest BCUT2D eigenvalue weighted by atomic mass is 32.2. The molecule has 82 valence electrons. The number of thioether (sulfide) groups is 1. The second kappa shape index (κ2) is 4.70. The van der Waals surface area contributed by atoms with Gasteiger partial charge in [0.05, 0.1) is 0 Å². The molecular weight excluding hydrogens is 208 g/mol. The predicted molar refractivity (Wildman–Crippen MR) is 65.4 cm³/mol. The normalized spacial score (nSPS) is 16.7. The van der Waals surface area contributed by atoms with Crippen LogP contribution in [-0.4, -0.2) is 34.6 Å². The lowest BCUT2D eigenvalue weighted by molar-refractivity contribution is 0.819. The number of aryl methyl sites for hydroxylation is 1. The van der Waals surface area contributed by atoms with E-state index < -0.39 is 0 Å². The van der Waals surface area contributed by atoms with Gasteiger partial charge in [-0.05, 0) is 0 Å². The Hall–Kier alpha value is -0.970. The number of hydrogen-bond donors (Lipinski definition) is 1. The Morgan fingerprint density at radius 3 is 2.80 bits per heavy atom. The number of nitrogens with zero attached hydrogens (tertiary/aromatic N) is 3. The summed E-state index contributed by atoms with van der Waals surface area (Å²) in [5.41, 5.74) is 5.76. The SMILES string of the molecule is CCc1nc(N)cc(N2CCSCC2)n1. The number of aromatic nitrogens is 2. The summed E-state index contributed by atoms with van der Waals surface area (Å²) < 4.78 is 0. The van der Waals surface area contributed by atoms with Crippen LogP contribution in [0.25, 0.3) is 0 Å². The summed E-state index contributed by atoms with van der Waals surface area (Å²) in [7, 11) is 0. The van der Waals surface area contributed by atoms with Gasteiger partial charge in [0.25, 0.3) is 0 Å². The maximum atomic E-state index is 5.76. The van der Waals surface area contributed by atoms with Crippen LogP contribution in [-0.2, 0) is 6.42 Å². The summed E-state index contributed by atoms with van der Waals surface area (Å²) >= 11 is 1.99. The molecule has 0 atom stereocenters. The molecule has 0 spiro atoms. The van der Waals surface area contributed by atoms with Gasteiger partial charge in [0.2, 0.25) is 0 Å². The van der Waals surface area contributed by atoms with E-state index in [0.29, 0.717) is 5.82 Å². The van der Waals surface area contributed by atoms with Crippen LogP contribution in [0.4, 0.5) is 11.6 Å². The van der Waals surface area contributed by atoms with E-state index in [2.05, 4.69) is 14.9 Å². The molecule has 0 unspecified atom stereocenters. The van der Waals surface area contributed by atoms with Gasteiger partial charge >= 0.3 is 0 Å². The fourth-order valence-corrected chi connectivity index (χ4v) is 2.52. The topological polar surface area (TPSA) is 55.0 Å². The summed E-state index contributed by atoms with van der Waals surface area (Å²) in [5.74, 6) is 4.74. The van der Waals surface area contributed by atoms with E-state index in [0.717, 1.165) is 31.2 Å². The zero-order chi connectivity index (χ0) is 10.7. The lowest BCUT2D eigenvalue weighted by atomic mass is 10.4. The van der Waals surface area contributed by atoms with Crippen molar-refractivity contribution in [2.75, 3.05) is 35.2 Å². The van der Waals surface area contributed by atoms with Crippen molar-refractivity contribution in [3.63, 3.8) is 0 Å². The lowest BCUT2D eigenvalue weighted by Gasteiger charge is -2.27. The molecule has 4 nitrogen and oxygen atoms in total. The van der Waals surface area contributed by atoms with Gasteiger partial charge in [0.15, 0.2) is 0 Å². The van der Waals surface area contributed by atoms with Crippen molar-refractivity contribution in [3.05, 3.63) is 11.9 Å². The van der Waals surface area contributed by atoms with Gasteiger partial charge in [0.1, 0.15) is 17.5 Å². The second-order valence-electron chi connectivity index (χ2n) is 3.52. The first kappa shape index (κ1) is 10.5. The van der Waals surface area contributed by atoms with Crippen LogP contribution in [0.1, 0.15) is 12.7 Å². The first-order valence-electron chi connectivity index (χ1n) is 5.25. The zero-order valence-electron chi connectivity index (χ0n) is 8.94. The minimum atomic E-state index is 0.579. The Morgan fingerprint density at radius 1 is 1.40 bits per heavy atom. The zero-order valence-corrected chi connectivity index (χ0v) is 9.76. The van der Waals surface area contributed by atoms with Gasteiger partial charge in [-0.3, -0.25) is 0 Å². The van der Waals surface area contributed by atoms with E-state index in [-0.39, 0.29) is 0 Å². The molecule has 0 bridgehead atoms. The summed E-state index contributed by atoms with van der Waals surface area (Å²) in [6, 6.07) is 1.87. The maximum absolute atomic E-state index is 5.76. The van der Waals surface area contributed by atoms with E-state index in [1.165, 1.54) is 11.5 Å². The Morgan fingerprint density at radius 2 is 2.13 bits per heavy atom. The third kappa shape index (κ3) is 2.53. The quantitative estimate of drug-likeness (QED) is 0.817. The van der Waals surface area contributed by atoms with E-state index in [4.69, 9.17) is 5.73 Å². The summed E-state index contributed by atoms with van der Waals surface area (Å²) in [6.45, 7) is 4.17. The number of anilines is 2. The average molecular weight is 224 g/mol. The number of nitrogen functional groups attached to an aromatic ring is 1. The van der Waals surface area contributed by atoms with Gasteiger partial charge in [-0.15, -0.1) is 0 Å². The van der Waals surface area contributed by atoms with Crippen molar-refractivity contribution in [2.24, 2.45) is 0 Å². The summed E-state index contributed by atoms with van der Waals surface area (Å²) in [5, 5.41) is 0. The molecule has 2 N–H and O–H groups in total. The molecule has 0 aromatic carbocycles.